The molecule has 4 aromatic rings. The van der Waals surface area contributed by atoms with E-state index in [4.69, 9.17) is 0 Å². The summed E-state index contributed by atoms with van der Waals surface area (Å²) >= 11 is 0. The predicted octanol–water partition coefficient (Wildman–Crippen LogP) is 9.37. The zero-order valence-corrected chi connectivity index (χ0v) is 20.2. The van der Waals surface area contributed by atoms with Crippen molar-refractivity contribution in [2.75, 3.05) is 0 Å². The molecule has 0 aliphatic heterocycles. The molecule has 0 heteroatoms. The molecule has 0 saturated heterocycles. The predicted molar refractivity (Wildman–Crippen MR) is 142 cm³/mol. The van der Waals surface area contributed by atoms with E-state index in [1.807, 2.05) is 36.4 Å². The van der Waals surface area contributed by atoms with E-state index in [0.717, 1.165) is 12.8 Å². The number of hydrogen-bond donors (Lipinski definition) is 0. The third kappa shape index (κ3) is 9.35. The molecule has 0 spiro atoms. The average molecular weight is 423 g/mol. The number of aryl methyl sites for hydroxylation is 2. The second kappa shape index (κ2) is 14.8. The van der Waals surface area contributed by atoms with Crippen LogP contribution in [-0.4, -0.2) is 0 Å². The summed E-state index contributed by atoms with van der Waals surface area (Å²) in [5.74, 6) is 0.584. The molecule has 0 aliphatic carbocycles. The first kappa shape index (κ1) is 25.1. The molecule has 0 fully saturated rings. The van der Waals surface area contributed by atoms with Crippen LogP contribution in [0.2, 0.25) is 0 Å². The summed E-state index contributed by atoms with van der Waals surface area (Å²) in [6.07, 6.45) is 3.43. The summed E-state index contributed by atoms with van der Waals surface area (Å²) in [5, 5.41) is 0. The molecule has 32 heavy (non-hydrogen) atoms. The van der Waals surface area contributed by atoms with Crippen LogP contribution < -0.4 is 0 Å². The van der Waals surface area contributed by atoms with E-state index in [0.29, 0.717) is 5.92 Å². The van der Waals surface area contributed by atoms with Crippen molar-refractivity contribution in [1.29, 1.82) is 0 Å². The summed E-state index contributed by atoms with van der Waals surface area (Å²) in [6, 6.07) is 40.6. The Kier molecular flexibility index (Phi) is 11.6. The smallest absolute Gasteiger partial charge is 0.0181 e. The Hall–Kier alpha value is -3.12. The highest BCUT2D eigenvalue weighted by Gasteiger charge is 2.02. The van der Waals surface area contributed by atoms with Gasteiger partial charge in [-0.05, 0) is 46.6 Å². The van der Waals surface area contributed by atoms with E-state index in [-0.39, 0.29) is 0 Å². The quantitative estimate of drug-likeness (QED) is 0.300. The number of benzene rings is 4. The van der Waals surface area contributed by atoms with E-state index in [1.54, 1.807) is 0 Å². The minimum atomic E-state index is 0.584. The van der Waals surface area contributed by atoms with Crippen molar-refractivity contribution >= 4 is 0 Å². The molecular formula is C32H38. The minimum absolute atomic E-state index is 0.584. The normalized spacial score (nSPS) is 9.91. The van der Waals surface area contributed by atoms with Crippen molar-refractivity contribution in [2.24, 2.45) is 0 Å². The minimum Gasteiger partial charge on any atom is -0.0656 e. The van der Waals surface area contributed by atoms with Crippen LogP contribution in [0.4, 0.5) is 0 Å². The summed E-state index contributed by atoms with van der Waals surface area (Å²) in [5.41, 5.74) is 6.81. The second-order valence-electron chi connectivity index (χ2n) is 8.32. The molecule has 166 valence electrons. The van der Waals surface area contributed by atoms with Crippen LogP contribution in [0.5, 0.6) is 0 Å². The standard InChI is InChI=1S/C23H24.C6H6.C3H8/c1-18(2)21-13-15-22(16-14-21)23-10-6-9-20(17-23)12-11-19-7-4-3-5-8-19;1-2-4-6-5-3-1;1-3-2/h3-10,13-18H,11-12H2,1-2H3;1-6H;3H2,1-2H3. The Morgan fingerprint density at radius 2 is 0.969 bits per heavy atom. The first-order valence-electron chi connectivity index (χ1n) is 11.9. The molecule has 4 rings (SSSR count). The Labute approximate surface area is 196 Å². The van der Waals surface area contributed by atoms with Crippen LogP contribution in [0.3, 0.4) is 0 Å². The first-order valence-corrected chi connectivity index (χ1v) is 11.9. The van der Waals surface area contributed by atoms with Crippen molar-refractivity contribution in [2.45, 2.75) is 52.9 Å². The van der Waals surface area contributed by atoms with E-state index in [1.165, 1.54) is 34.2 Å². The second-order valence-corrected chi connectivity index (χ2v) is 8.32. The van der Waals surface area contributed by atoms with E-state index < -0.39 is 0 Å². The summed E-state index contributed by atoms with van der Waals surface area (Å²) < 4.78 is 0. The van der Waals surface area contributed by atoms with Gasteiger partial charge in [0.15, 0.2) is 0 Å². The van der Waals surface area contributed by atoms with Crippen molar-refractivity contribution in [3.8, 4) is 11.1 Å². The molecule has 0 atom stereocenters. The molecule has 0 bridgehead atoms. The molecule has 0 radical (unpaired) electrons. The van der Waals surface area contributed by atoms with E-state index in [2.05, 4.69) is 107 Å². The van der Waals surface area contributed by atoms with Gasteiger partial charge in [0.2, 0.25) is 0 Å². The van der Waals surface area contributed by atoms with Gasteiger partial charge in [0.05, 0.1) is 0 Å². The Bertz CT molecular complexity index is 940. The molecule has 0 aromatic heterocycles. The van der Waals surface area contributed by atoms with Crippen LogP contribution in [0.25, 0.3) is 11.1 Å². The van der Waals surface area contributed by atoms with Gasteiger partial charge in [0.25, 0.3) is 0 Å². The molecule has 0 amide bonds. The lowest BCUT2D eigenvalue weighted by molar-refractivity contribution is 0.867. The van der Waals surface area contributed by atoms with Gasteiger partial charge in [-0.2, -0.15) is 0 Å². The zero-order chi connectivity index (χ0) is 23.0. The first-order chi connectivity index (χ1) is 15.6. The van der Waals surface area contributed by atoms with Crippen molar-refractivity contribution in [3.05, 3.63) is 132 Å². The molecule has 0 saturated carbocycles. The molecule has 0 unspecified atom stereocenters. The lowest BCUT2D eigenvalue weighted by atomic mass is 9.96. The van der Waals surface area contributed by atoms with Gasteiger partial charge in [0.1, 0.15) is 0 Å². The van der Waals surface area contributed by atoms with Gasteiger partial charge < -0.3 is 0 Å². The molecule has 0 heterocycles. The average Bonchev–Trinajstić information content (AvgIpc) is 2.86. The maximum atomic E-state index is 2.33. The van der Waals surface area contributed by atoms with Crippen LogP contribution in [-0.2, 0) is 12.8 Å². The van der Waals surface area contributed by atoms with Gasteiger partial charge >= 0.3 is 0 Å². The highest BCUT2D eigenvalue weighted by atomic mass is 14.1. The lowest BCUT2D eigenvalue weighted by Gasteiger charge is -2.09. The van der Waals surface area contributed by atoms with Crippen molar-refractivity contribution in [3.63, 3.8) is 0 Å². The monoisotopic (exact) mass is 422 g/mol. The van der Waals surface area contributed by atoms with E-state index >= 15 is 0 Å². The topological polar surface area (TPSA) is 0 Å². The molecular weight excluding hydrogens is 384 g/mol. The highest BCUT2D eigenvalue weighted by molar-refractivity contribution is 5.64. The van der Waals surface area contributed by atoms with Gasteiger partial charge in [0, 0.05) is 0 Å². The molecule has 0 nitrogen and oxygen atoms in total. The van der Waals surface area contributed by atoms with Crippen LogP contribution in [0, 0.1) is 0 Å². The Balaban J connectivity index is 0.000000339. The number of hydrogen-bond acceptors (Lipinski definition) is 0. The van der Waals surface area contributed by atoms with Gasteiger partial charge in [-0.25, -0.2) is 0 Å². The maximum Gasteiger partial charge on any atom is -0.0181 e. The Morgan fingerprint density at radius 3 is 1.50 bits per heavy atom. The highest BCUT2D eigenvalue weighted by Crippen LogP contribution is 2.24. The van der Waals surface area contributed by atoms with Crippen LogP contribution in [0.15, 0.2) is 115 Å². The summed E-state index contributed by atoms with van der Waals surface area (Å²) in [6.45, 7) is 8.72. The molecule has 0 N–H and O–H groups in total. The third-order valence-electron chi connectivity index (χ3n) is 5.05. The zero-order valence-electron chi connectivity index (χ0n) is 20.2. The van der Waals surface area contributed by atoms with Gasteiger partial charge in [-0.3, -0.25) is 0 Å². The van der Waals surface area contributed by atoms with E-state index in [9.17, 15) is 0 Å². The fraction of sp³-hybridized carbons (Fsp3) is 0.250. The van der Waals surface area contributed by atoms with Gasteiger partial charge in [-0.15, -0.1) is 0 Å². The van der Waals surface area contributed by atoms with Crippen LogP contribution >= 0.6 is 0 Å². The van der Waals surface area contributed by atoms with Crippen LogP contribution in [0.1, 0.15) is 56.7 Å². The molecule has 4 aromatic carbocycles. The summed E-state index contributed by atoms with van der Waals surface area (Å²) in [4.78, 5) is 0. The largest absolute Gasteiger partial charge is 0.0656 e. The van der Waals surface area contributed by atoms with Crippen molar-refractivity contribution < 1.29 is 0 Å². The van der Waals surface area contributed by atoms with Crippen molar-refractivity contribution in [1.82, 2.24) is 0 Å². The summed E-state index contributed by atoms with van der Waals surface area (Å²) in [7, 11) is 0. The van der Waals surface area contributed by atoms with Gasteiger partial charge in [-0.1, -0.05) is 149 Å². The fourth-order valence-corrected chi connectivity index (χ4v) is 3.29. The third-order valence-corrected chi connectivity index (χ3v) is 5.05. The Morgan fingerprint density at radius 1 is 0.500 bits per heavy atom. The SMILES string of the molecule is CC(C)c1ccc(-c2cccc(CCc3ccccc3)c2)cc1.CCC.c1ccccc1. The molecule has 0 aliphatic rings. The fourth-order valence-electron chi connectivity index (χ4n) is 3.29. The number of rotatable bonds is 5. The lowest BCUT2D eigenvalue weighted by Crippen LogP contribution is -1.92. The maximum absolute atomic E-state index is 2.33.